The molecule has 0 fully saturated rings. The van der Waals surface area contributed by atoms with Crippen LogP contribution in [0.25, 0.3) is 0 Å². The SMILES string of the molecule is C=CCc1c(OC)cc(C=O)c(C(=O)OC)c1O. The Labute approximate surface area is 105 Å². The third kappa shape index (κ3) is 2.34. The number of rotatable bonds is 5. The zero-order valence-corrected chi connectivity index (χ0v) is 10.2. The van der Waals surface area contributed by atoms with Crippen LogP contribution in [0.2, 0.25) is 0 Å². The highest BCUT2D eigenvalue weighted by molar-refractivity contribution is 6.01. The summed E-state index contributed by atoms with van der Waals surface area (Å²) < 4.78 is 9.61. The fraction of sp³-hybridized carbons (Fsp3) is 0.231. The molecule has 1 aromatic carbocycles. The predicted molar refractivity (Wildman–Crippen MR) is 65.3 cm³/mol. The fourth-order valence-electron chi connectivity index (χ4n) is 1.64. The number of esters is 1. The van der Waals surface area contributed by atoms with Gasteiger partial charge in [0.05, 0.1) is 14.2 Å². The average Bonchev–Trinajstić information content (AvgIpc) is 2.39. The maximum Gasteiger partial charge on any atom is 0.342 e. The van der Waals surface area contributed by atoms with Gasteiger partial charge in [-0.2, -0.15) is 0 Å². The topological polar surface area (TPSA) is 72.8 Å². The van der Waals surface area contributed by atoms with Crippen molar-refractivity contribution < 1.29 is 24.2 Å². The van der Waals surface area contributed by atoms with Crippen LogP contribution >= 0.6 is 0 Å². The number of ether oxygens (including phenoxy) is 2. The van der Waals surface area contributed by atoms with Crippen molar-refractivity contribution in [2.75, 3.05) is 14.2 Å². The maximum absolute atomic E-state index is 11.6. The minimum atomic E-state index is -0.775. The number of phenolic OH excluding ortho intramolecular Hbond substituents is 1. The molecule has 0 spiro atoms. The summed E-state index contributed by atoms with van der Waals surface area (Å²) in [5, 5.41) is 10.1. The summed E-state index contributed by atoms with van der Waals surface area (Å²) in [5.74, 6) is -0.770. The summed E-state index contributed by atoms with van der Waals surface area (Å²) in [4.78, 5) is 22.5. The number of aromatic hydroxyl groups is 1. The Balaban J connectivity index is 3.58. The van der Waals surface area contributed by atoms with E-state index >= 15 is 0 Å². The van der Waals surface area contributed by atoms with Crippen molar-refractivity contribution in [1.29, 1.82) is 0 Å². The number of benzene rings is 1. The average molecular weight is 250 g/mol. The number of phenols is 1. The molecule has 1 rings (SSSR count). The van der Waals surface area contributed by atoms with Crippen LogP contribution in [0.5, 0.6) is 11.5 Å². The fourth-order valence-corrected chi connectivity index (χ4v) is 1.64. The first-order valence-electron chi connectivity index (χ1n) is 5.17. The molecule has 0 aliphatic heterocycles. The second-order valence-corrected chi connectivity index (χ2v) is 3.47. The van der Waals surface area contributed by atoms with Crippen LogP contribution in [0.4, 0.5) is 0 Å². The molecule has 0 radical (unpaired) electrons. The summed E-state index contributed by atoms with van der Waals surface area (Å²) in [6.07, 6.45) is 2.32. The lowest BCUT2D eigenvalue weighted by Crippen LogP contribution is -2.08. The van der Waals surface area contributed by atoms with Gasteiger partial charge in [-0.25, -0.2) is 4.79 Å². The molecule has 0 aliphatic carbocycles. The van der Waals surface area contributed by atoms with E-state index in [-0.39, 0.29) is 16.9 Å². The van der Waals surface area contributed by atoms with Crippen LogP contribution in [-0.4, -0.2) is 31.6 Å². The van der Waals surface area contributed by atoms with Crippen molar-refractivity contribution in [2.24, 2.45) is 0 Å². The second-order valence-electron chi connectivity index (χ2n) is 3.47. The Kier molecular flexibility index (Phi) is 4.48. The molecule has 0 saturated carbocycles. The third-order valence-corrected chi connectivity index (χ3v) is 2.48. The summed E-state index contributed by atoms with van der Waals surface area (Å²) in [6, 6.07) is 1.39. The normalized spacial score (nSPS) is 9.67. The molecule has 0 aliphatic rings. The Bertz CT molecular complexity index is 491. The number of hydrogen-bond acceptors (Lipinski definition) is 5. The molecule has 5 heteroatoms. The van der Waals surface area contributed by atoms with E-state index < -0.39 is 5.97 Å². The standard InChI is InChI=1S/C13H14O5/c1-4-5-9-10(17-2)6-8(7-14)11(12(9)15)13(16)18-3/h4,6-7,15H,1,5H2,2-3H3. The molecular weight excluding hydrogens is 236 g/mol. The third-order valence-electron chi connectivity index (χ3n) is 2.48. The van der Waals surface area contributed by atoms with Crippen LogP contribution in [0.15, 0.2) is 18.7 Å². The van der Waals surface area contributed by atoms with Crippen LogP contribution in [0.1, 0.15) is 26.3 Å². The van der Waals surface area contributed by atoms with Crippen molar-refractivity contribution in [3.8, 4) is 11.5 Å². The molecule has 1 aromatic rings. The van der Waals surface area contributed by atoms with Crippen LogP contribution < -0.4 is 4.74 Å². The lowest BCUT2D eigenvalue weighted by molar-refractivity contribution is 0.0594. The van der Waals surface area contributed by atoms with Crippen molar-refractivity contribution in [3.63, 3.8) is 0 Å². The summed E-state index contributed by atoms with van der Waals surface area (Å²) in [5.41, 5.74) is 0.243. The first-order valence-corrected chi connectivity index (χ1v) is 5.17. The molecular formula is C13H14O5. The molecule has 0 saturated heterocycles. The van der Waals surface area contributed by atoms with Gasteiger partial charge in [-0.15, -0.1) is 6.58 Å². The summed E-state index contributed by atoms with van der Waals surface area (Å²) in [7, 11) is 2.58. The van der Waals surface area contributed by atoms with Gasteiger partial charge in [-0.05, 0) is 12.5 Å². The first-order chi connectivity index (χ1) is 8.60. The van der Waals surface area contributed by atoms with E-state index in [1.165, 1.54) is 20.3 Å². The van der Waals surface area contributed by atoms with E-state index in [4.69, 9.17) is 4.74 Å². The highest BCUT2D eigenvalue weighted by Crippen LogP contribution is 2.34. The Morgan fingerprint density at radius 1 is 1.50 bits per heavy atom. The van der Waals surface area contributed by atoms with Gasteiger partial charge in [0.2, 0.25) is 0 Å². The number of aldehydes is 1. The van der Waals surface area contributed by atoms with Crippen LogP contribution in [0.3, 0.4) is 0 Å². The summed E-state index contributed by atoms with van der Waals surface area (Å²) in [6.45, 7) is 3.56. The molecule has 96 valence electrons. The molecule has 0 heterocycles. The largest absolute Gasteiger partial charge is 0.507 e. The van der Waals surface area contributed by atoms with Gasteiger partial charge in [-0.1, -0.05) is 6.08 Å². The highest BCUT2D eigenvalue weighted by Gasteiger charge is 2.23. The van der Waals surface area contributed by atoms with Crippen molar-refractivity contribution in [1.82, 2.24) is 0 Å². The molecule has 1 N–H and O–H groups in total. The Morgan fingerprint density at radius 2 is 2.17 bits per heavy atom. The van der Waals surface area contributed by atoms with Gasteiger partial charge >= 0.3 is 5.97 Å². The highest BCUT2D eigenvalue weighted by atomic mass is 16.5. The number of allylic oxidation sites excluding steroid dienone is 1. The van der Waals surface area contributed by atoms with Gasteiger partial charge in [0, 0.05) is 11.1 Å². The molecule has 0 bridgehead atoms. The molecule has 0 aromatic heterocycles. The van der Waals surface area contributed by atoms with E-state index in [1.54, 1.807) is 6.08 Å². The van der Waals surface area contributed by atoms with Crippen LogP contribution in [-0.2, 0) is 11.2 Å². The molecule has 0 amide bonds. The lowest BCUT2D eigenvalue weighted by atomic mass is 9.99. The number of carbonyl (C=O) groups excluding carboxylic acids is 2. The van der Waals surface area contributed by atoms with E-state index in [0.29, 0.717) is 24.0 Å². The minimum absolute atomic E-state index is 0.0176. The number of carbonyl (C=O) groups is 2. The van der Waals surface area contributed by atoms with E-state index in [0.717, 1.165) is 0 Å². The Morgan fingerprint density at radius 3 is 2.61 bits per heavy atom. The molecule has 18 heavy (non-hydrogen) atoms. The number of methoxy groups -OCH3 is 2. The summed E-state index contributed by atoms with van der Waals surface area (Å²) >= 11 is 0. The van der Waals surface area contributed by atoms with Gasteiger partial charge in [0.25, 0.3) is 0 Å². The van der Waals surface area contributed by atoms with Gasteiger partial charge < -0.3 is 14.6 Å². The Hall–Kier alpha value is -2.30. The predicted octanol–water partition coefficient (Wildman–Crippen LogP) is 1.73. The lowest BCUT2D eigenvalue weighted by Gasteiger charge is -2.13. The second kappa shape index (κ2) is 5.86. The zero-order valence-electron chi connectivity index (χ0n) is 10.2. The van der Waals surface area contributed by atoms with E-state index in [1.807, 2.05) is 0 Å². The quantitative estimate of drug-likeness (QED) is 0.489. The van der Waals surface area contributed by atoms with Gasteiger partial charge in [0.1, 0.15) is 17.1 Å². The monoisotopic (exact) mass is 250 g/mol. The van der Waals surface area contributed by atoms with E-state index in [2.05, 4.69) is 11.3 Å². The molecule has 0 unspecified atom stereocenters. The van der Waals surface area contributed by atoms with Gasteiger partial charge in [-0.3, -0.25) is 4.79 Å². The van der Waals surface area contributed by atoms with Crippen LogP contribution in [0, 0.1) is 0 Å². The minimum Gasteiger partial charge on any atom is -0.507 e. The maximum atomic E-state index is 11.6. The zero-order chi connectivity index (χ0) is 13.7. The molecule has 5 nitrogen and oxygen atoms in total. The van der Waals surface area contributed by atoms with Gasteiger partial charge in [0.15, 0.2) is 6.29 Å². The van der Waals surface area contributed by atoms with Crippen molar-refractivity contribution in [2.45, 2.75) is 6.42 Å². The number of hydrogen-bond donors (Lipinski definition) is 1. The van der Waals surface area contributed by atoms with E-state index in [9.17, 15) is 14.7 Å². The van der Waals surface area contributed by atoms with Crippen molar-refractivity contribution in [3.05, 3.63) is 35.4 Å². The van der Waals surface area contributed by atoms with Crippen molar-refractivity contribution >= 4 is 12.3 Å². The first kappa shape index (κ1) is 13.8. The molecule has 0 atom stereocenters. The smallest absolute Gasteiger partial charge is 0.342 e.